The molecule has 132 valence electrons. The lowest BCUT2D eigenvalue weighted by atomic mass is 9.86. The minimum absolute atomic E-state index is 0.0920. The van der Waals surface area contributed by atoms with E-state index in [0.29, 0.717) is 6.42 Å². The minimum Gasteiger partial charge on any atom is -0.349 e. The summed E-state index contributed by atoms with van der Waals surface area (Å²) in [5.74, 6) is -0.943. The Labute approximate surface area is 153 Å². The van der Waals surface area contributed by atoms with Gasteiger partial charge in [-0.3, -0.25) is 9.59 Å². The molecule has 1 N–H and O–H groups in total. The van der Waals surface area contributed by atoms with Crippen molar-refractivity contribution < 1.29 is 14.0 Å². The van der Waals surface area contributed by atoms with Gasteiger partial charge < -0.3 is 5.32 Å². The zero-order valence-corrected chi connectivity index (χ0v) is 15.8. The topological polar surface area (TPSA) is 46.2 Å². The van der Waals surface area contributed by atoms with Crippen LogP contribution in [0.5, 0.6) is 0 Å². The van der Waals surface area contributed by atoms with Crippen LogP contribution < -0.4 is 5.32 Å². The number of carbonyl (C=O) groups excluding carboxylic acids is 2. The van der Waals surface area contributed by atoms with Gasteiger partial charge in [-0.05, 0) is 24.0 Å². The van der Waals surface area contributed by atoms with Crippen LogP contribution in [0.3, 0.4) is 0 Å². The van der Waals surface area contributed by atoms with Crippen molar-refractivity contribution in [2.75, 3.05) is 18.8 Å². The van der Waals surface area contributed by atoms with Crippen molar-refractivity contribution >= 4 is 42.9 Å². The van der Waals surface area contributed by atoms with Crippen LogP contribution in [0.25, 0.3) is 0 Å². The van der Waals surface area contributed by atoms with Gasteiger partial charge in [0.15, 0.2) is 0 Å². The van der Waals surface area contributed by atoms with Gasteiger partial charge in [-0.15, -0.1) is 23.4 Å². The van der Waals surface area contributed by atoms with Crippen LogP contribution in [0.1, 0.15) is 30.7 Å². The zero-order chi connectivity index (χ0) is 17.9. The molecule has 2 atom stereocenters. The third-order valence-electron chi connectivity index (χ3n) is 3.92. The van der Waals surface area contributed by atoms with E-state index in [9.17, 15) is 14.0 Å². The maximum absolute atomic E-state index is 13.6. The number of nitrogens with one attached hydrogen (secondary N) is 1. The second-order valence-corrected chi connectivity index (χ2v) is 6.83. The molecular weight excluding hydrogens is 348 g/mol. The molecule has 1 aromatic carbocycles. The first-order chi connectivity index (χ1) is 11.5. The first kappa shape index (κ1) is 21.0. The monoisotopic (exact) mass is 371 g/mol. The van der Waals surface area contributed by atoms with Gasteiger partial charge in [0.2, 0.25) is 5.91 Å². The maximum Gasteiger partial charge on any atom is 0.235 e. The molecule has 1 aromatic rings. The fourth-order valence-corrected chi connectivity index (χ4v) is 3.04. The van der Waals surface area contributed by atoms with E-state index in [1.807, 2.05) is 38.4 Å². The summed E-state index contributed by atoms with van der Waals surface area (Å²) in [6.45, 7) is -0.737. The lowest BCUT2D eigenvalue weighted by Crippen LogP contribution is -2.42. The van der Waals surface area contributed by atoms with Crippen LogP contribution in [0.2, 0.25) is 6.32 Å². The Bertz CT molecular complexity index is 530. The van der Waals surface area contributed by atoms with Crippen molar-refractivity contribution in [2.24, 2.45) is 0 Å². The SMILES string of the molecule is BCCCC(=O)C[C@H](c1ccc(SC)cc1)[C@@H](CF)NC(=O)CCl. The summed E-state index contributed by atoms with van der Waals surface area (Å²) in [6.07, 6.45) is 4.44. The van der Waals surface area contributed by atoms with E-state index in [0.717, 1.165) is 23.2 Å². The van der Waals surface area contributed by atoms with Crippen LogP contribution in [0, 0.1) is 0 Å². The molecule has 1 amide bonds. The van der Waals surface area contributed by atoms with Gasteiger partial charge >= 0.3 is 0 Å². The molecule has 0 bridgehead atoms. The quantitative estimate of drug-likeness (QED) is 0.369. The third kappa shape index (κ3) is 6.85. The molecule has 0 aliphatic carbocycles. The molecule has 0 fully saturated rings. The number of benzene rings is 1. The molecule has 0 saturated heterocycles. The molecule has 24 heavy (non-hydrogen) atoms. The number of rotatable bonds is 11. The van der Waals surface area contributed by atoms with Crippen LogP contribution in [-0.4, -0.2) is 44.4 Å². The van der Waals surface area contributed by atoms with Crippen LogP contribution in [-0.2, 0) is 9.59 Å². The Morgan fingerprint density at radius 2 is 2.00 bits per heavy atom. The number of hydrogen-bond acceptors (Lipinski definition) is 3. The molecule has 0 saturated carbocycles. The largest absolute Gasteiger partial charge is 0.349 e. The van der Waals surface area contributed by atoms with Crippen molar-refractivity contribution in [1.82, 2.24) is 5.32 Å². The molecule has 3 nitrogen and oxygen atoms in total. The third-order valence-corrected chi connectivity index (χ3v) is 4.91. The first-order valence-electron chi connectivity index (χ1n) is 8.12. The molecule has 1 rings (SSSR count). The number of ketones is 1. The highest BCUT2D eigenvalue weighted by atomic mass is 35.5. The molecule has 7 heteroatoms. The van der Waals surface area contributed by atoms with E-state index in [4.69, 9.17) is 11.6 Å². The Balaban J connectivity index is 2.99. The maximum atomic E-state index is 13.6. The highest BCUT2D eigenvalue weighted by Crippen LogP contribution is 2.27. The number of carbonyl (C=O) groups is 2. The zero-order valence-electron chi connectivity index (χ0n) is 14.2. The fourth-order valence-electron chi connectivity index (χ4n) is 2.56. The van der Waals surface area contributed by atoms with Crippen LogP contribution >= 0.6 is 23.4 Å². The van der Waals surface area contributed by atoms with Crippen molar-refractivity contribution in [3.63, 3.8) is 0 Å². The number of amides is 1. The molecule has 0 aliphatic rings. The second kappa shape index (κ2) is 11.5. The van der Waals surface area contributed by atoms with Gasteiger partial charge in [0.25, 0.3) is 0 Å². The molecule has 0 radical (unpaired) electrons. The average molecular weight is 372 g/mol. The molecule has 0 aliphatic heterocycles. The van der Waals surface area contributed by atoms with Crippen LogP contribution in [0.15, 0.2) is 29.2 Å². The summed E-state index contributed by atoms with van der Waals surface area (Å²) in [6, 6.07) is 6.95. The lowest BCUT2D eigenvalue weighted by Gasteiger charge is -2.26. The van der Waals surface area contributed by atoms with E-state index in [1.165, 1.54) is 0 Å². The summed E-state index contributed by atoms with van der Waals surface area (Å²) in [5, 5.41) is 2.60. The van der Waals surface area contributed by atoms with Crippen molar-refractivity contribution in [3.05, 3.63) is 29.8 Å². The highest BCUT2D eigenvalue weighted by Gasteiger charge is 2.27. The second-order valence-electron chi connectivity index (χ2n) is 5.69. The Morgan fingerprint density at radius 3 is 2.50 bits per heavy atom. The smallest absolute Gasteiger partial charge is 0.235 e. The highest BCUT2D eigenvalue weighted by molar-refractivity contribution is 7.98. The molecule has 0 aromatic heterocycles. The number of alkyl halides is 2. The standard InChI is InChI=1S/C17H24BClFNO2S/c1-24-14-6-4-12(5-7-14)15(9-13(22)3-2-8-18)16(11-20)21-17(23)10-19/h4-7,15-16H,2-3,8-11,18H2,1H3,(H,21,23)/t15-,16-/m1/s1. The van der Waals surface area contributed by atoms with Gasteiger partial charge in [-0.2, -0.15) is 0 Å². The summed E-state index contributed by atoms with van der Waals surface area (Å²) >= 11 is 7.13. The van der Waals surface area contributed by atoms with Gasteiger partial charge in [0.1, 0.15) is 26.2 Å². The summed E-state index contributed by atoms with van der Waals surface area (Å²) < 4.78 is 13.6. The van der Waals surface area contributed by atoms with E-state index >= 15 is 0 Å². The van der Waals surface area contributed by atoms with Crippen molar-refractivity contribution in [2.45, 2.75) is 42.4 Å². The Kier molecular flexibility index (Phi) is 10.1. The van der Waals surface area contributed by atoms with Crippen molar-refractivity contribution in [1.29, 1.82) is 0 Å². The van der Waals surface area contributed by atoms with Crippen LogP contribution in [0.4, 0.5) is 4.39 Å². The summed E-state index contributed by atoms with van der Waals surface area (Å²) in [5.41, 5.74) is 0.857. The fraction of sp³-hybridized carbons (Fsp3) is 0.529. The predicted molar refractivity (Wildman–Crippen MR) is 102 cm³/mol. The summed E-state index contributed by atoms with van der Waals surface area (Å²) in [7, 11) is 2.02. The van der Waals surface area contributed by atoms with E-state index < -0.39 is 18.6 Å². The van der Waals surface area contributed by atoms with Gasteiger partial charge in [0, 0.05) is 23.7 Å². The lowest BCUT2D eigenvalue weighted by molar-refractivity contribution is -0.122. The summed E-state index contributed by atoms with van der Waals surface area (Å²) in [4.78, 5) is 24.9. The van der Waals surface area contributed by atoms with E-state index in [2.05, 4.69) is 5.32 Å². The predicted octanol–water partition coefficient (Wildman–Crippen LogP) is 2.98. The van der Waals surface area contributed by atoms with Crippen molar-refractivity contribution in [3.8, 4) is 0 Å². The van der Waals surface area contributed by atoms with Gasteiger partial charge in [0.05, 0.1) is 6.04 Å². The normalized spacial score (nSPS) is 13.3. The Morgan fingerprint density at radius 1 is 1.33 bits per heavy atom. The van der Waals surface area contributed by atoms with E-state index in [-0.39, 0.29) is 24.0 Å². The number of thioether (sulfide) groups is 1. The molecule has 0 unspecified atom stereocenters. The van der Waals surface area contributed by atoms with E-state index in [1.54, 1.807) is 11.8 Å². The Hall–Kier alpha value is -1.01. The minimum atomic E-state index is -0.748. The van der Waals surface area contributed by atoms with Gasteiger partial charge in [-0.1, -0.05) is 24.9 Å². The average Bonchev–Trinajstić information content (AvgIpc) is 2.62. The number of Topliss-reactive ketones (excluding diaryl/α,β-unsaturated/α-hetero) is 1. The van der Waals surface area contributed by atoms with Gasteiger partial charge in [-0.25, -0.2) is 4.39 Å². The molecule has 0 spiro atoms. The number of halogens is 2. The first-order valence-corrected chi connectivity index (χ1v) is 9.88. The molecule has 0 heterocycles. The number of hydrogen-bond donors (Lipinski definition) is 1. The molecular formula is C17H24BClFNO2S.